The molecule has 0 saturated carbocycles. The van der Waals surface area contributed by atoms with Crippen molar-refractivity contribution < 1.29 is 27.4 Å². The number of halogens is 3. The molecule has 1 heterocycles. The fourth-order valence-corrected chi connectivity index (χ4v) is 0.624. The molecule has 1 saturated heterocycles. The summed E-state index contributed by atoms with van der Waals surface area (Å²) in [5.74, 6) is -2.94. The summed E-state index contributed by atoms with van der Waals surface area (Å²) in [5, 5.41) is 0. The van der Waals surface area contributed by atoms with Crippen molar-refractivity contribution in [3.05, 3.63) is 0 Å². The fourth-order valence-electron chi connectivity index (χ4n) is 0.624. The van der Waals surface area contributed by atoms with Crippen LogP contribution >= 0.6 is 0 Å². The molecule has 0 aromatic carbocycles. The maximum absolute atomic E-state index is 12.8. The minimum absolute atomic E-state index is 0.892. The summed E-state index contributed by atoms with van der Waals surface area (Å²) >= 11 is 0. The summed E-state index contributed by atoms with van der Waals surface area (Å²) in [7, 11) is 0. The molecule has 0 aromatic rings. The van der Waals surface area contributed by atoms with Gasteiger partial charge in [0, 0.05) is 0 Å². The third kappa shape index (κ3) is 1.38. The van der Waals surface area contributed by atoms with E-state index in [9.17, 15) is 18.0 Å². The van der Waals surface area contributed by atoms with E-state index in [2.05, 4.69) is 9.47 Å². The molecule has 0 N–H and O–H groups in total. The van der Waals surface area contributed by atoms with Crippen LogP contribution in [-0.4, -0.2) is 31.5 Å². The molecule has 0 spiro atoms. The van der Waals surface area contributed by atoms with Gasteiger partial charge in [-0.25, -0.2) is 13.6 Å². The second-order valence-electron chi connectivity index (χ2n) is 2.05. The Morgan fingerprint density at radius 2 is 2.36 bits per heavy atom. The molecule has 6 heteroatoms. The van der Waals surface area contributed by atoms with Crippen molar-refractivity contribution in [3.63, 3.8) is 0 Å². The van der Waals surface area contributed by atoms with Crippen molar-refractivity contribution in [2.24, 2.45) is 0 Å². The van der Waals surface area contributed by atoms with Gasteiger partial charge < -0.3 is 9.47 Å². The lowest BCUT2D eigenvalue weighted by Gasteiger charge is -2.16. The van der Waals surface area contributed by atoms with Crippen LogP contribution in [0.3, 0.4) is 0 Å². The van der Waals surface area contributed by atoms with Gasteiger partial charge in [-0.05, 0) is 0 Å². The van der Waals surface area contributed by atoms with E-state index in [1.165, 1.54) is 0 Å². The monoisotopic (exact) mass is 170 g/mol. The van der Waals surface area contributed by atoms with Gasteiger partial charge in [-0.3, -0.25) is 0 Å². The third-order valence-electron chi connectivity index (χ3n) is 1.24. The highest BCUT2D eigenvalue weighted by Crippen LogP contribution is 2.27. The van der Waals surface area contributed by atoms with Gasteiger partial charge in [0.1, 0.15) is 6.67 Å². The highest BCUT2D eigenvalue weighted by molar-refractivity contribution is 5.62. The van der Waals surface area contributed by atoms with Crippen molar-refractivity contribution in [1.82, 2.24) is 0 Å². The standard InChI is InChI=1S/C5H5F3O3/c6-1-3(7)5(8)2-10-4(9)11-5/h3H,1-2H2. The number of alkyl halides is 3. The topological polar surface area (TPSA) is 35.5 Å². The predicted octanol–water partition coefficient (Wildman–Crippen LogP) is 1.13. The van der Waals surface area contributed by atoms with Crippen LogP contribution in [-0.2, 0) is 9.47 Å². The molecule has 1 rings (SSSR count). The lowest BCUT2D eigenvalue weighted by Crippen LogP contribution is -2.38. The highest BCUT2D eigenvalue weighted by Gasteiger charge is 2.50. The van der Waals surface area contributed by atoms with Crippen LogP contribution in [0, 0.1) is 0 Å². The first-order valence-corrected chi connectivity index (χ1v) is 2.83. The molecule has 3 nitrogen and oxygen atoms in total. The van der Waals surface area contributed by atoms with E-state index in [1.807, 2.05) is 0 Å². The van der Waals surface area contributed by atoms with Crippen molar-refractivity contribution in [1.29, 1.82) is 0 Å². The maximum atomic E-state index is 12.8. The zero-order valence-electron chi connectivity index (χ0n) is 5.35. The highest BCUT2D eigenvalue weighted by atomic mass is 19.2. The Hall–Kier alpha value is -0.940. The minimum atomic E-state index is -2.94. The van der Waals surface area contributed by atoms with Gasteiger partial charge in [-0.2, -0.15) is 4.39 Å². The SMILES string of the molecule is O=C1OCC(F)(C(F)CF)O1. The van der Waals surface area contributed by atoms with E-state index in [4.69, 9.17) is 0 Å². The van der Waals surface area contributed by atoms with Crippen LogP contribution < -0.4 is 0 Å². The van der Waals surface area contributed by atoms with E-state index in [-0.39, 0.29) is 0 Å². The van der Waals surface area contributed by atoms with Crippen LogP contribution in [0.4, 0.5) is 18.0 Å². The number of ether oxygens (including phenoxy) is 2. The van der Waals surface area contributed by atoms with E-state index in [1.54, 1.807) is 0 Å². The van der Waals surface area contributed by atoms with E-state index >= 15 is 0 Å². The first-order valence-electron chi connectivity index (χ1n) is 2.83. The summed E-state index contributed by atoms with van der Waals surface area (Å²) in [6.07, 6.45) is -3.79. The Bertz CT molecular complexity index is 174. The average Bonchev–Trinajstić information content (AvgIpc) is 2.31. The zero-order valence-corrected chi connectivity index (χ0v) is 5.35. The summed E-state index contributed by atoms with van der Waals surface area (Å²) in [5.41, 5.74) is 0. The lowest BCUT2D eigenvalue weighted by atomic mass is 10.2. The quantitative estimate of drug-likeness (QED) is 0.582. The zero-order chi connectivity index (χ0) is 8.48. The van der Waals surface area contributed by atoms with Gasteiger partial charge in [0.15, 0.2) is 6.61 Å². The third-order valence-corrected chi connectivity index (χ3v) is 1.24. The van der Waals surface area contributed by atoms with Crippen molar-refractivity contribution in [3.8, 4) is 0 Å². The van der Waals surface area contributed by atoms with Gasteiger partial charge in [-0.15, -0.1) is 0 Å². The summed E-state index contributed by atoms with van der Waals surface area (Å²) in [4.78, 5) is 10.1. The Morgan fingerprint density at radius 3 is 2.73 bits per heavy atom. The number of hydrogen-bond acceptors (Lipinski definition) is 3. The second-order valence-corrected chi connectivity index (χ2v) is 2.05. The van der Waals surface area contributed by atoms with Gasteiger partial charge in [0.05, 0.1) is 0 Å². The fraction of sp³-hybridized carbons (Fsp3) is 0.800. The second kappa shape index (κ2) is 2.60. The van der Waals surface area contributed by atoms with Crippen LogP contribution in [0.1, 0.15) is 0 Å². The number of hydrogen-bond donors (Lipinski definition) is 0. The Kier molecular flexibility index (Phi) is 1.92. The first kappa shape index (κ1) is 8.16. The largest absolute Gasteiger partial charge is 0.511 e. The van der Waals surface area contributed by atoms with E-state index < -0.39 is 31.5 Å². The molecule has 11 heavy (non-hydrogen) atoms. The summed E-state index contributed by atoms with van der Waals surface area (Å²) in [6, 6.07) is 0. The molecule has 1 fully saturated rings. The molecule has 2 unspecified atom stereocenters. The van der Waals surface area contributed by atoms with Crippen LogP contribution in [0.15, 0.2) is 0 Å². The average molecular weight is 170 g/mol. The molecule has 0 bridgehead atoms. The van der Waals surface area contributed by atoms with Crippen molar-refractivity contribution in [2.75, 3.05) is 13.3 Å². The Morgan fingerprint density at radius 1 is 1.73 bits per heavy atom. The maximum Gasteiger partial charge on any atom is 0.511 e. The lowest BCUT2D eigenvalue weighted by molar-refractivity contribution is -0.122. The van der Waals surface area contributed by atoms with E-state index in [0.29, 0.717) is 0 Å². The van der Waals surface area contributed by atoms with Gasteiger partial charge in [-0.1, -0.05) is 0 Å². The first-order chi connectivity index (χ1) is 5.08. The molecule has 0 amide bonds. The molecule has 1 aliphatic rings. The van der Waals surface area contributed by atoms with Crippen LogP contribution in [0.5, 0.6) is 0 Å². The molecule has 0 radical (unpaired) electrons. The Balaban J connectivity index is 2.61. The van der Waals surface area contributed by atoms with Gasteiger partial charge in [0.2, 0.25) is 6.17 Å². The molecule has 1 aliphatic heterocycles. The molecule has 0 aliphatic carbocycles. The summed E-state index contributed by atoms with van der Waals surface area (Å²) < 4.78 is 44.3. The van der Waals surface area contributed by atoms with Gasteiger partial charge in [0.25, 0.3) is 0 Å². The molecular formula is C5H5F3O3. The minimum Gasteiger partial charge on any atom is -0.427 e. The molecule has 0 aromatic heterocycles. The molecular weight excluding hydrogens is 165 g/mol. The van der Waals surface area contributed by atoms with Crippen molar-refractivity contribution in [2.45, 2.75) is 12.0 Å². The number of rotatable bonds is 2. The molecule has 64 valence electrons. The summed E-state index contributed by atoms with van der Waals surface area (Å²) in [6.45, 7) is -2.44. The van der Waals surface area contributed by atoms with Crippen LogP contribution in [0.2, 0.25) is 0 Å². The predicted molar refractivity (Wildman–Crippen MR) is 27.1 cm³/mol. The normalized spacial score (nSPS) is 32.8. The van der Waals surface area contributed by atoms with E-state index in [0.717, 1.165) is 0 Å². The Labute approximate surface area is 60.1 Å². The van der Waals surface area contributed by atoms with Crippen LogP contribution in [0.25, 0.3) is 0 Å². The number of carbonyl (C=O) groups excluding carboxylic acids is 1. The number of cyclic esters (lactones) is 2. The smallest absolute Gasteiger partial charge is 0.427 e. The van der Waals surface area contributed by atoms with Crippen molar-refractivity contribution >= 4 is 6.16 Å². The number of carbonyl (C=O) groups is 1. The van der Waals surface area contributed by atoms with Gasteiger partial charge >= 0.3 is 12.0 Å². The molecule has 2 atom stereocenters.